The molecule has 0 radical (unpaired) electrons. The van der Waals surface area contributed by atoms with E-state index in [0.717, 1.165) is 17.9 Å². The highest BCUT2D eigenvalue weighted by Crippen LogP contribution is 2.13. The van der Waals surface area contributed by atoms with E-state index in [9.17, 15) is 0 Å². The highest BCUT2D eigenvalue weighted by molar-refractivity contribution is 5.43. The Kier molecular flexibility index (Phi) is 3.73. The quantitative estimate of drug-likeness (QED) is 0.843. The number of nitrogens with two attached hydrogens (primary N) is 1. The van der Waals surface area contributed by atoms with Crippen LogP contribution in [0.25, 0.3) is 0 Å². The molecular weight excluding hydrogens is 210 g/mol. The first-order valence-corrected chi connectivity index (χ1v) is 5.73. The summed E-state index contributed by atoms with van der Waals surface area (Å²) in [5, 5.41) is 3.34. The number of aryl methyl sites for hydroxylation is 1. The van der Waals surface area contributed by atoms with Crippen LogP contribution >= 0.6 is 0 Å². The molecule has 0 atom stereocenters. The van der Waals surface area contributed by atoms with Crippen molar-refractivity contribution in [2.45, 2.75) is 20.0 Å². The third kappa shape index (κ3) is 2.82. The van der Waals surface area contributed by atoms with Crippen LogP contribution < -0.4 is 11.1 Å². The Morgan fingerprint density at radius 1 is 1.12 bits per heavy atom. The second-order valence-corrected chi connectivity index (χ2v) is 4.00. The lowest BCUT2D eigenvalue weighted by Gasteiger charge is -2.11. The average Bonchev–Trinajstić information content (AvgIpc) is 2.38. The molecule has 3 heteroatoms. The van der Waals surface area contributed by atoms with Crippen molar-refractivity contribution < 1.29 is 0 Å². The summed E-state index contributed by atoms with van der Waals surface area (Å²) < 4.78 is 0. The number of hydrogen-bond acceptors (Lipinski definition) is 3. The molecule has 88 valence electrons. The van der Waals surface area contributed by atoms with Crippen LogP contribution in [0.2, 0.25) is 0 Å². The summed E-state index contributed by atoms with van der Waals surface area (Å²) in [5.74, 6) is 0.930. The average molecular weight is 227 g/mol. The van der Waals surface area contributed by atoms with E-state index in [4.69, 9.17) is 5.73 Å². The van der Waals surface area contributed by atoms with E-state index in [1.807, 2.05) is 31.2 Å². The summed E-state index contributed by atoms with van der Waals surface area (Å²) in [6.07, 6.45) is 1.80. The molecule has 1 heterocycles. The van der Waals surface area contributed by atoms with Gasteiger partial charge in [-0.25, -0.2) is 4.98 Å². The van der Waals surface area contributed by atoms with Gasteiger partial charge in [0.1, 0.15) is 5.82 Å². The number of rotatable bonds is 4. The van der Waals surface area contributed by atoms with Gasteiger partial charge >= 0.3 is 0 Å². The standard InChI is InChI=1S/C14H17N3/c1-11-5-4-8-16-14(11)17-10-13-7-3-2-6-12(13)9-15/h2-8H,9-10,15H2,1H3,(H,16,17). The summed E-state index contributed by atoms with van der Waals surface area (Å²) in [7, 11) is 0. The number of benzene rings is 1. The SMILES string of the molecule is Cc1cccnc1NCc1ccccc1CN. The zero-order chi connectivity index (χ0) is 12.1. The maximum Gasteiger partial charge on any atom is 0.129 e. The first-order valence-electron chi connectivity index (χ1n) is 5.73. The van der Waals surface area contributed by atoms with Crippen molar-refractivity contribution in [3.63, 3.8) is 0 Å². The molecule has 2 aromatic rings. The van der Waals surface area contributed by atoms with Crippen LogP contribution in [0, 0.1) is 6.92 Å². The van der Waals surface area contributed by atoms with E-state index >= 15 is 0 Å². The van der Waals surface area contributed by atoms with Crippen LogP contribution in [-0.4, -0.2) is 4.98 Å². The van der Waals surface area contributed by atoms with Crippen molar-refractivity contribution in [2.24, 2.45) is 5.73 Å². The van der Waals surface area contributed by atoms with E-state index in [0.29, 0.717) is 6.54 Å². The van der Waals surface area contributed by atoms with Crippen molar-refractivity contribution in [1.82, 2.24) is 4.98 Å². The second-order valence-electron chi connectivity index (χ2n) is 4.00. The maximum absolute atomic E-state index is 5.71. The summed E-state index contributed by atoms with van der Waals surface area (Å²) in [6.45, 7) is 3.37. The van der Waals surface area contributed by atoms with Gasteiger partial charge in [-0.1, -0.05) is 30.3 Å². The van der Waals surface area contributed by atoms with Crippen LogP contribution in [0.4, 0.5) is 5.82 Å². The van der Waals surface area contributed by atoms with Gasteiger partial charge in [0.2, 0.25) is 0 Å². The van der Waals surface area contributed by atoms with Gasteiger partial charge in [-0.2, -0.15) is 0 Å². The lowest BCUT2D eigenvalue weighted by Crippen LogP contribution is -2.07. The van der Waals surface area contributed by atoms with Gasteiger partial charge in [0, 0.05) is 19.3 Å². The second kappa shape index (κ2) is 5.46. The van der Waals surface area contributed by atoms with Gasteiger partial charge in [0.05, 0.1) is 0 Å². The molecule has 3 nitrogen and oxygen atoms in total. The van der Waals surface area contributed by atoms with E-state index < -0.39 is 0 Å². The Morgan fingerprint density at radius 2 is 1.88 bits per heavy atom. The van der Waals surface area contributed by atoms with E-state index in [1.165, 1.54) is 11.1 Å². The van der Waals surface area contributed by atoms with Crippen molar-refractivity contribution in [3.05, 3.63) is 59.3 Å². The molecule has 0 amide bonds. The zero-order valence-corrected chi connectivity index (χ0v) is 9.98. The van der Waals surface area contributed by atoms with Gasteiger partial charge in [0.15, 0.2) is 0 Å². The van der Waals surface area contributed by atoms with E-state index in [2.05, 4.69) is 22.4 Å². The minimum Gasteiger partial charge on any atom is -0.366 e. The highest BCUT2D eigenvalue weighted by atomic mass is 15.0. The molecule has 0 unspecified atom stereocenters. The Hall–Kier alpha value is -1.87. The van der Waals surface area contributed by atoms with Crippen LogP contribution in [0.3, 0.4) is 0 Å². The van der Waals surface area contributed by atoms with E-state index in [1.54, 1.807) is 6.20 Å². The molecule has 0 aliphatic rings. The van der Waals surface area contributed by atoms with Crippen molar-refractivity contribution in [1.29, 1.82) is 0 Å². The summed E-state index contributed by atoms with van der Waals surface area (Å²) >= 11 is 0. The zero-order valence-electron chi connectivity index (χ0n) is 9.98. The maximum atomic E-state index is 5.71. The van der Waals surface area contributed by atoms with Gasteiger partial charge in [0.25, 0.3) is 0 Å². The summed E-state index contributed by atoms with van der Waals surface area (Å²) in [5.41, 5.74) is 9.25. The van der Waals surface area contributed by atoms with Gasteiger partial charge < -0.3 is 11.1 Å². The number of nitrogens with one attached hydrogen (secondary N) is 1. The van der Waals surface area contributed by atoms with Crippen molar-refractivity contribution >= 4 is 5.82 Å². The molecule has 0 saturated carbocycles. The molecular formula is C14H17N3. The topological polar surface area (TPSA) is 50.9 Å². The van der Waals surface area contributed by atoms with Crippen LogP contribution in [-0.2, 0) is 13.1 Å². The lowest BCUT2D eigenvalue weighted by atomic mass is 10.1. The molecule has 1 aromatic carbocycles. The number of nitrogens with zero attached hydrogens (tertiary/aromatic N) is 1. The summed E-state index contributed by atoms with van der Waals surface area (Å²) in [6, 6.07) is 12.2. The van der Waals surface area contributed by atoms with Crippen LogP contribution in [0.1, 0.15) is 16.7 Å². The normalized spacial score (nSPS) is 10.2. The fraction of sp³-hybridized carbons (Fsp3) is 0.214. The number of pyridine rings is 1. The van der Waals surface area contributed by atoms with Crippen molar-refractivity contribution in [3.8, 4) is 0 Å². The van der Waals surface area contributed by atoms with Crippen molar-refractivity contribution in [2.75, 3.05) is 5.32 Å². The molecule has 0 bridgehead atoms. The van der Waals surface area contributed by atoms with Gasteiger partial charge in [-0.3, -0.25) is 0 Å². The molecule has 0 saturated heterocycles. The molecule has 0 spiro atoms. The fourth-order valence-corrected chi connectivity index (χ4v) is 1.78. The van der Waals surface area contributed by atoms with E-state index in [-0.39, 0.29) is 0 Å². The predicted octanol–water partition coefficient (Wildman–Crippen LogP) is 2.46. The van der Waals surface area contributed by atoms with Crippen LogP contribution in [0.5, 0.6) is 0 Å². The molecule has 0 fully saturated rings. The monoisotopic (exact) mass is 227 g/mol. The minimum absolute atomic E-state index is 0.569. The number of aromatic nitrogens is 1. The smallest absolute Gasteiger partial charge is 0.129 e. The first-order chi connectivity index (χ1) is 8.31. The number of hydrogen-bond donors (Lipinski definition) is 2. The largest absolute Gasteiger partial charge is 0.366 e. The molecule has 2 rings (SSSR count). The lowest BCUT2D eigenvalue weighted by molar-refractivity contribution is 0.999. The van der Waals surface area contributed by atoms with Gasteiger partial charge in [-0.15, -0.1) is 0 Å². The predicted molar refractivity (Wildman–Crippen MR) is 70.6 cm³/mol. The molecule has 3 N–H and O–H groups in total. The molecule has 0 aliphatic carbocycles. The Labute approximate surface area is 102 Å². The first kappa shape index (κ1) is 11.6. The Morgan fingerprint density at radius 3 is 2.59 bits per heavy atom. The Bertz CT molecular complexity index is 494. The van der Waals surface area contributed by atoms with Gasteiger partial charge in [-0.05, 0) is 29.7 Å². The number of anilines is 1. The molecule has 17 heavy (non-hydrogen) atoms. The highest BCUT2D eigenvalue weighted by Gasteiger charge is 2.01. The Balaban J connectivity index is 2.10. The molecule has 1 aromatic heterocycles. The van der Waals surface area contributed by atoms with Crippen LogP contribution in [0.15, 0.2) is 42.6 Å². The summed E-state index contributed by atoms with van der Waals surface area (Å²) in [4.78, 5) is 4.31. The fourth-order valence-electron chi connectivity index (χ4n) is 1.78. The third-order valence-corrected chi connectivity index (χ3v) is 2.79. The third-order valence-electron chi connectivity index (χ3n) is 2.79. The minimum atomic E-state index is 0.569. The molecule has 0 aliphatic heterocycles.